The van der Waals surface area contributed by atoms with E-state index in [4.69, 9.17) is 5.73 Å². The highest BCUT2D eigenvalue weighted by atomic mass is 35.5. The number of aryl methyl sites for hydroxylation is 1. The minimum absolute atomic E-state index is 0. The van der Waals surface area contributed by atoms with Crippen LogP contribution in [0.4, 0.5) is 13.2 Å². The number of hydrogen-bond acceptors (Lipinski definition) is 2. The summed E-state index contributed by atoms with van der Waals surface area (Å²) in [7, 11) is 0. The van der Waals surface area contributed by atoms with Crippen LogP contribution >= 0.6 is 23.7 Å². The molecule has 0 radical (unpaired) electrons. The van der Waals surface area contributed by atoms with E-state index >= 15 is 0 Å². The fourth-order valence-electron chi connectivity index (χ4n) is 0.852. The highest BCUT2D eigenvalue weighted by Gasteiger charge is 2.39. The Hall–Kier alpha value is -0.260. The van der Waals surface area contributed by atoms with Crippen molar-refractivity contribution in [3.63, 3.8) is 0 Å². The lowest BCUT2D eigenvalue weighted by Gasteiger charge is -2.14. The predicted molar refractivity (Wildman–Crippen MR) is 49.3 cm³/mol. The van der Waals surface area contributed by atoms with Crippen LogP contribution < -0.4 is 5.73 Å². The van der Waals surface area contributed by atoms with E-state index in [0.29, 0.717) is 5.56 Å². The van der Waals surface area contributed by atoms with Gasteiger partial charge in [-0.15, -0.1) is 23.7 Å². The maximum atomic E-state index is 12.1. The molecule has 6 heteroatoms. The van der Waals surface area contributed by atoms with E-state index in [9.17, 15) is 13.2 Å². The minimum atomic E-state index is -4.34. The van der Waals surface area contributed by atoms with Crippen LogP contribution in [0.1, 0.15) is 16.5 Å². The second-order valence-corrected chi connectivity index (χ2v) is 3.43. The molecule has 0 aromatic carbocycles. The van der Waals surface area contributed by atoms with Gasteiger partial charge >= 0.3 is 6.18 Å². The van der Waals surface area contributed by atoms with Gasteiger partial charge in [-0.25, -0.2) is 0 Å². The summed E-state index contributed by atoms with van der Waals surface area (Å²) in [6, 6.07) is -0.205. The first-order valence-corrected chi connectivity index (χ1v) is 4.17. The summed E-state index contributed by atoms with van der Waals surface area (Å²) in [6.45, 7) is 1.62. The maximum absolute atomic E-state index is 12.1. The summed E-state index contributed by atoms with van der Waals surface area (Å²) in [5.74, 6) is 0. The minimum Gasteiger partial charge on any atom is -0.316 e. The smallest absolute Gasteiger partial charge is 0.316 e. The van der Waals surface area contributed by atoms with Crippen LogP contribution in [0.15, 0.2) is 11.4 Å². The lowest BCUT2D eigenvalue weighted by atomic mass is 10.2. The molecule has 1 nitrogen and oxygen atoms in total. The molecule has 1 heterocycles. The van der Waals surface area contributed by atoms with Crippen LogP contribution in [0.25, 0.3) is 0 Å². The fraction of sp³-hybridized carbons (Fsp3) is 0.429. The summed E-state index contributed by atoms with van der Waals surface area (Å²) in [4.78, 5) is 0.197. The van der Waals surface area contributed by atoms with Crippen LogP contribution in [0.2, 0.25) is 0 Å². The molecule has 0 amide bonds. The largest absolute Gasteiger partial charge is 0.408 e. The molecule has 76 valence electrons. The first kappa shape index (κ1) is 12.7. The molecule has 0 aliphatic rings. The zero-order valence-electron chi connectivity index (χ0n) is 6.76. The van der Waals surface area contributed by atoms with Crippen molar-refractivity contribution >= 4 is 23.7 Å². The number of rotatable bonds is 1. The quantitative estimate of drug-likeness (QED) is 0.790. The molecule has 0 spiro atoms. The van der Waals surface area contributed by atoms with Crippen molar-refractivity contribution in [2.75, 3.05) is 0 Å². The van der Waals surface area contributed by atoms with Crippen molar-refractivity contribution < 1.29 is 13.2 Å². The molecule has 0 saturated carbocycles. The van der Waals surface area contributed by atoms with E-state index in [2.05, 4.69) is 0 Å². The van der Waals surface area contributed by atoms with Crippen molar-refractivity contribution in [1.82, 2.24) is 0 Å². The van der Waals surface area contributed by atoms with Crippen molar-refractivity contribution in [2.24, 2.45) is 5.73 Å². The van der Waals surface area contributed by atoms with Crippen molar-refractivity contribution in [3.05, 3.63) is 21.9 Å². The molecule has 1 atom stereocenters. The summed E-state index contributed by atoms with van der Waals surface area (Å²) in [5, 5.41) is 1.61. The average molecular weight is 232 g/mol. The molecule has 0 bridgehead atoms. The number of hydrogen-bond donors (Lipinski definition) is 1. The molecule has 13 heavy (non-hydrogen) atoms. The Bertz CT molecular complexity index is 271. The normalized spacial score (nSPS) is 13.6. The van der Waals surface area contributed by atoms with E-state index in [1.165, 1.54) is 0 Å². The maximum Gasteiger partial charge on any atom is 0.408 e. The predicted octanol–water partition coefficient (Wildman–Crippen LogP) is 3.04. The number of halogens is 4. The third-order valence-corrected chi connectivity index (χ3v) is 2.64. The third kappa shape index (κ3) is 2.86. The average Bonchev–Trinajstić information content (AvgIpc) is 2.31. The van der Waals surface area contributed by atoms with Gasteiger partial charge in [-0.2, -0.15) is 13.2 Å². The second-order valence-electron chi connectivity index (χ2n) is 2.49. The highest BCUT2D eigenvalue weighted by Crippen LogP contribution is 2.34. The number of thiophene rings is 1. The van der Waals surface area contributed by atoms with Crippen LogP contribution in [0, 0.1) is 6.92 Å². The summed E-state index contributed by atoms with van der Waals surface area (Å²) < 4.78 is 36.2. The first-order chi connectivity index (χ1) is 5.43. The van der Waals surface area contributed by atoms with Crippen molar-refractivity contribution in [3.8, 4) is 0 Å². The standard InChI is InChI=1S/C7H8F3NS.ClH/c1-4-2-3-12-5(4)6(11)7(8,9)10;/h2-3,6H,11H2,1H3;1H/t6-;/m1./s1. The molecule has 0 fully saturated rings. The van der Waals surface area contributed by atoms with Crippen molar-refractivity contribution in [2.45, 2.75) is 19.1 Å². The molecule has 0 aliphatic heterocycles. The van der Waals surface area contributed by atoms with Gasteiger partial charge in [-0.3, -0.25) is 0 Å². The lowest BCUT2D eigenvalue weighted by Crippen LogP contribution is -2.28. The second kappa shape index (κ2) is 4.30. The third-order valence-electron chi connectivity index (χ3n) is 1.54. The Balaban J connectivity index is 0.00000144. The molecule has 0 unspecified atom stereocenters. The van der Waals surface area contributed by atoms with Gasteiger partial charge in [-0.1, -0.05) is 0 Å². The van der Waals surface area contributed by atoms with Gasteiger partial charge in [0.2, 0.25) is 0 Å². The number of nitrogens with two attached hydrogens (primary N) is 1. The van der Waals surface area contributed by atoms with E-state index in [-0.39, 0.29) is 17.3 Å². The van der Waals surface area contributed by atoms with Crippen LogP contribution in [0.3, 0.4) is 0 Å². The van der Waals surface area contributed by atoms with Crippen molar-refractivity contribution in [1.29, 1.82) is 0 Å². The fourth-order valence-corrected chi connectivity index (χ4v) is 1.80. The first-order valence-electron chi connectivity index (χ1n) is 3.29. The summed E-state index contributed by atoms with van der Waals surface area (Å²) in [6.07, 6.45) is -4.34. The SMILES string of the molecule is Cc1ccsc1[C@@H](N)C(F)(F)F.Cl. The Morgan fingerprint density at radius 1 is 1.46 bits per heavy atom. The van der Waals surface area contributed by atoms with Gasteiger partial charge in [-0.05, 0) is 23.9 Å². The molecule has 1 aromatic rings. The lowest BCUT2D eigenvalue weighted by molar-refractivity contribution is -0.148. The van der Waals surface area contributed by atoms with E-state index in [0.717, 1.165) is 11.3 Å². The molecular formula is C7H9ClF3NS. The zero-order chi connectivity index (χ0) is 9.35. The monoisotopic (exact) mass is 231 g/mol. The van der Waals surface area contributed by atoms with Gasteiger partial charge in [0, 0.05) is 4.88 Å². The molecule has 2 N–H and O–H groups in total. The van der Waals surface area contributed by atoms with Gasteiger partial charge < -0.3 is 5.73 Å². The molecule has 0 saturated heterocycles. The molecular weight excluding hydrogens is 223 g/mol. The topological polar surface area (TPSA) is 26.0 Å². The summed E-state index contributed by atoms with van der Waals surface area (Å²) >= 11 is 1.04. The van der Waals surface area contributed by atoms with Gasteiger partial charge in [0.25, 0.3) is 0 Å². The van der Waals surface area contributed by atoms with Gasteiger partial charge in [0.15, 0.2) is 0 Å². The molecule has 0 aliphatic carbocycles. The number of alkyl halides is 3. The Morgan fingerprint density at radius 2 is 2.00 bits per heavy atom. The van der Waals surface area contributed by atoms with Crippen LogP contribution in [-0.2, 0) is 0 Å². The summed E-state index contributed by atoms with van der Waals surface area (Å²) in [5.41, 5.74) is 5.60. The van der Waals surface area contributed by atoms with E-state index < -0.39 is 12.2 Å². The van der Waals surface area contributed by atoms with Gasteiger partial charge in [0.1, 0.15) is 6.04 Å². The molecule has 1 rings (SSSR count). The highest BCUT2D eigenvalue weighted by molar-refractivity contribution is 7.10. The van der Waals surface area contributed by atoms with E-state index in [1.807, 2.05) is 0 Å². The Kier molecular flexibility index (Phi) is 4.22. The zero-order valence-corrected chi connectivity index (χ0v) is 8.39. The Morgan fingerprint density at radius 3 is 2.31 bits per heavy atom. The van der Waals surface area contributed by atoms with Gasteiger partial charge in [0.05, 0.1) is 0 Å². The van der Waals surface area contributed by atoms with E-state index in [1.54, 1.807) is 18.4 Å². The Labute approximate surface area is 84.2 Å². The molecule has 1 aromatic heterocycles. The van der Waals surface area contributed by atoms with Crippen LogP contribution in [0.5, 0.6) is 0 Å². The van der Waals surface area contributed by atoms with Crippen LogP contribution in [-0.4, -0.2) is 6.18 Å².